The number of ether oxygens (including phenoxy) is 4. The molecule has 5 atom stereocenters. The largest absolute Gasteiger partial charge is 0.472 e. The zero-order valence-corrected chi connectivity index (χ0v) is 69.0. The Hall–Kier alpha value is -5.58. The summed E-state index contributed by atoms with van der Waals surface area (Å²) in [6.45, 7) is 4.43. The second-order valence-corrected chi connectivity index (χ2v) is 29.8. The van der Waals surface area contributed by atoms with Crippen LogP contribution < -0.4 is 0 Å². The van der Waals surface area contributed by atoms with Gasteiger partial charge in [-0.25, -0.2) is 9.13 Å². The predicted molar refractivity (Wildman–Crippen MR) is 445 cm³/mol. The van der Waals surface area contributed by atoms with E-state index in [0.717, 1.165) is 205 Å². The SMILES string of the molecule is CC/C=C\C/C=C\C/C=C\C/C=C\C/C=C\C/C=C\CCC(=O)OCC(COP(=O)(O)OCC(O)COP(=O)(O)OCC(COC(=O)CCCCCCCC/C=C\C/C=C\C/C=C\CCCCC)OC(=O)CCCCCCC/C=C\C/C=C\CCC)OC(=O)CCCCCCCCC/C=C\C/C=C\C/C=C\CC. The molecule has 0 rings (SSSR count). The highest BCUT2D eigenvalue weighted by Gasteiger charge is 2.30. The van der Waals surface area contributed by atoms with E-state index < -0.39 is 97.5 Å². The van der Waals surface area contributed by atoms with Gasteiger partial charge in [0, 0.05) is 25.7 Å². The average molecular weight is 1550 g/mol. The number of esters is 4. The first-order valence-electron chi connectivity index (χ1n) is 41.4. The minimum atomic E-state index is -5.01. The molecule has 0 fully saturated rings. The van der Waals surface area contributed by atoms with Crippen molar-refractivity contribution < 1.29 is 80.2 Å². The number of aliphatic hydroxyl groups is 1. The van der Waals surface area contributed by atoms with Crippen LogP contribution in [0.2, 0.25) is 0 Å². The van der Waals surface area contributed by atoms with Crippen molar-refractivity contribution in [2.75, 3.05) is 39.6 Å². The van der Waals surface area contributed by atoms with Crippen molar-refractivity contribution in [3.05, 3.63) is 170 Å². The molecule has 0 aromatic rings. The van der Waals surface area contributed by atoms with Crippen LogP contribution >= 0.6 is 15.6 Å². The zero-order valence-electron chi connectivity index (χ0n) is 67.2. The molecule has 614 valence electrons. The second-order valence-electron chi connectivity index (χ2n) is 26.9. The van der Waals surface area contributed by atoms with Gasteiger partial charge in [-0.05, 0) is 161 Å². The maximum Gasteiger partial charge on any atom is 0.472 e. The van der Waals surface area contributed by atoms with Crippen LogP contribution in [0.5, 0.6) is 0 Å². The van der Waals surface area contributed by atoms with Gasteiger partial charge in [-0.1, -0.05) is 294 Å². The number of carbonyl (C=O) groups excluding carboxylic acids is 4. The van der Waals surface area contributed by atoms with Gasteiger partial charge >= 0.3 is 39.5 Å². The Labute approximate surface area is 654 Å². The number of hydrogen-bond acceptors (Lipinski definition) is 15. The number of aliphatic hydroxyl groups excluding tert-OH is 1. The van der Waals surface area contributed by atoms with E-state index in [2.05, 4.69) is 180 Å². The highest BCUT2D eigenvalue weighted by molar-refractivity contribution is 7.47. The van der Waals surface area contributed by atoms with Crippen molar-refractivity contribution in [3.8, 4) is 0 Å². The van der Waals surface area contributed by atoms with Gasteiger partial charge in [0.25, 0.3) is 0 Å². The van der Waals surface area contributed by atoms with Gasteiger partial charge in [-0.15, -0.1) is 0 Å². The van der Waals surface area contributed by atoms with Crippen molar-refractivity contribution in [1.82, 2.24) is 0 Å². The Kier molecular flexibility index (Phi) is 75.4. The van der Waals surface area contributed by atoms with Crippen molar-refractivity contribution in [2.45, 2.75) is 329 Å². The van der Waals surface area contributed by atoms with E-state index in [1.165, 1.54) is 19.3 Å². The normalized spacial score (nSPS) is 14.7. The molecule has 17 nitrogen and oxygen atoms in total. The number of rotatable bonds is 76. The van der Waals surface area contributed by atoms with E-state index in [1.807, 2.05) is 18.2 Å². The van der Waals surface area contributed by atoms with Crippen LogP contribution in [-0.4, -0.2) is 96.7 Å². The quantitative estimate of drug-likeness (QED) is 0.0169. The topological polar surface area (TPSA) is 237 Å². The third-order valence-electron chi connectivity index (χ3n) is 16.6. The number of hydrogen-bond donors (Lipinski definition) is 3. The maximum absolute atomic E-state index is 13.1. The fraction of sp³-hybridized carbons (Fsp3) is 0.640. The molecule has 108 heavy (non-hydrogen) atoms. The number of unbranched alkanes of at least 4 members (excludes halogenated alkanes) is 22. The number of allylic oxidation sites excluding steroid dienone is 28. The van der Waals surface area contributed by atoms with Crippen LogP contribution in [0.25, 0.3) is 0 Å². The summed E-state index contributed by atoms with van der Waals surface area (Å²) in [5.74, 6) is -2.32. The molecule has 0 radical (unpaired) electrons. The Balaban J connectivity index is 5.45. The van der Waals surface area contributed by atoms with Crippen LogP contribution in [0.15, 0.2) is 170 Å². The molecule has 3 N–H and O–H groups in total. The van der Waals surface area contributed by atoms with Crippen LogP contribution in [0.4, 0.5) is 0 Å². The molecule has 0 spiro atoms. The monoisotopic (exact) mass is 1550 g/mol. The van der Waals surface area contributed by atoms with E-state index in [0.29, 0.717) is 32.1 Å². The van der Waals surface area contributed by atoms with Crippen LogP contribution in [0.3, 0.4) is 0 Å². The van der Waals surface area contributed by atoms with E-state index >= 15 is 0 Å². The number of carbonyl (C=O) groups is 4. The molecule has 0 aliphatic rings. The first-order chi connectivity index (χ1) is 52.7. The molecular formula is C89H146O17P2. The van der Waals surface area contributed by atoms with Gasteiger partial charge in [-0.3, -0.25) is 37.3 Å². The first-order valence-corrected chi connectivity index (χ1v) is 44.4. The fourth-order valence-electron chi connectivity index (χ4n) is 10.4. The predicted octanol–water partition coefficient (Wildman–Crippen LogP) is 24.6. The summed E-state index contributed by atoms with van der Waals surface area (Å²) in [6.07, 6.45) is 94.8. The summed E-state index contributed by atoms with van der Waals surface area (Å²) in [5, 5.41) is 10.7. The Morgan fingerprint density at radius 2 is 0.519 bits per heavy atom. The molecule has 0 aromatic carbocycles. The van der Waals surface area contributed by atoms with Gasteiger partial charge in [0.1, 0.15) is 19.3 Å². The molecule has 0 aliphatic heterocycles. The van der Waals surface area contributed by atoms with E-state index in [4.69, 9.17) is 37.0 Å². The summed E-state index contributed by atoms with van der Waals surface area (Å²) in [6, 6.07) is 0. The molecule has 19 heteroatoms. The smallest absolute Gasteiger partial charge is 0.462 e. The van der Waals surface area contributed by atoms with E-state index in [9.17, 15) is 43.2 Å². The van der Waals surface area contributed by atoms with Crippen molar-refractivity contribution in [2.24, 2.45) is 0 Å². The van der Waals surface area contributed by atoms with E-state index in [-0.39, 0.29) is 25.7 Å². The number of phosphoric acid groups is 2. The second kappa shape index (κ2) is 79.5. The van der Waals surface area contributed by atoms with Gasteiger partial charge in [0.2, 0.25) is 0 Å². The lowest BCUT2D eigenvalue weighted by Crippen LogP contribution is -2.30. The Bertz CT molecular complexity index is 2710. The number of phosphoric ester groups is 2. The van der Waals surface area contributed by atoms with Crippen molar-refractivity contribution in [3.63, 3.8) is 0 Å². The first kappa shape index (κ1) is 102. The molecular weight excluding hydrogens is 1400 g/mol. The molecule has 0 bridgehead atoms. The third kappa shape index (κ3) is 78.5. The summed E-state index contributed by atoms with van der Waals surface area (Å²) in [4.78, 5) is 73.1. The lowest BCUT2D eigenvalue weighted by molar-refractivity contribution is -0.161. The van der Waals surface area contributed by atoms with Gasteiger partial charge in [0.15, 0.2) is 12.2 Å². The molecule has 0 saturated carbocycles. The molecule has 0 saturated heterocycles. The van der Waals surface area contributed by atoms with Gasteiger partial charge in [-0.2, -0.15) is 0 Å². The highest BCUT2D eigenvalue weighted by atomic mass is 31.2. The van der Waals surface area contributed by atoms with Crippen LogP contribution in [0, 0.1) is 0 Å². The fourth-order valence-corrected chi connectivity index (χ4v) is 12.0. The molecule has 0 amide bonds. The lowest BCUT2D eigenvalue weighted by atomic mass is 10.1. The lowest BCUT2D eigenvalue weighted by Gasteiger charge is -2.21. The molecule has 0 aromatic heterocycles. The van der Waals surface area contributed by atoms with Gasteiger partial charge in [0.05, 0.1) is 26.4 Å². The zero-order chi connectivity index (χ0) is 78.9. The summed E-state index contributed by atoms with van der Waals surface area (Å²) >= 11 is 0. The molecule has 5 unspecified atom stereocenters. The molecule has 0 heterocycles. The average Bonchev–Trinajstić information content (AvgIpc) is 0.886. The minimum absolute atomic E-state index is 0.0280. The summed E-state index contributed by atoms with van der Waals surface area (Å²) < 4.78 is 68.6. The highest BCUT2D eigenvalue weighted by Crippen LogP contribution is 2.45. The van der Waals surface area contributed by atoms with Crippen LogP contribution in [0.1, 0.15) is 310 Å². The maximum atomic E-state index is 13.1. The van der Waals surface area contributed by atoms with Crippen molar-refractivity contribution >= 4 is 39.5 Å². The standard InChI is InChI=1S/C89H146O17P2/c1-5-9-13-17-21-25-29-33-36-39-41-44-46-50-53-57-61-65-69-73-86(91)99-79-84(105-88(93)75-71-67-63-59-55-49-32-28-24-20-16-12-8-4)81-103-107(95,96)101-77-83(90)78-102-108(97,98)104-82-85(106-89(94)76-72-68-64-60-56-52-48-43-38-35-31-27-23-19-15-11-7-3)80-100-87(92)74-70-66-62-58-54-51-47-45-42-40-37-34-30-26-22-18-14-10-6-2/h10-11,14-16,20-23,25-28,32-38,41-42,44-45,51,54,62,66,83-85,90H,5-9,12-13,17-19,24,29-31,39-40,43,46-50,52-53,55-61,63-65,67-82H2,1-4H3,(H,95,96)(H,97,98)/b14-10-,15-11-,20-16-,25-21-,26-22-,27-23-,32-28-,36-33-,37-34-,38-35-,44-41-,45-42-,54-51-,66-62-. The minimum Gasteiger partial charge on any atom is -0.462 e. The van der Waals surface area contributed by atoms with Crippen LogP contribution in [-0.2, 0) is 65.4 Å². The Morgan fingerprint density at radius 3 is 0.833 bits per heavy atom. The summed E-state index contributed by atoms with van der Waals surface area (Å²) in [5.41, 5.74) is 0. The Morgan fingerprint density at radius 1 is 0.269 bits per heavy atom. The van der Waals surface area contributed by atoms with E-state index in [1.54, 1.807) is 0 Å². The summed E-state index contributed by atoms with van der Waals surface area (Å²) in [7, 11) is -10.0. The third-order valence-corrected chi connectivity index (χ3v) is 18.5. The van der Waals surface area contributed by atoms with Gasteiger partial charge < -0.3 is 33.8 Å². The van der Waals surface area contributed by atoms with Crippen molar-refractivity contribution in [1.29, 1.82) is 0 Å². The molecule has 0 aliphatic carbocycles.